The maximum atomic E-state index is 11.6. The molecule has 4 amide bonds. The second-order valence-electron chi connectivity index (χ2n) is 5.73. The van der Waals surface area contributed by atoms with Crippen LogP contribution in [0.2, 0.25) is 0 Å². The van der Waals surface area contributed by atoms with Gasteiger partial charge in [0.2, 0.25) is 0 Å². The van der Waals surface area contributed by atoms with Crippen LogP contribution in [0.25, 0.3) is 0 Å². The molecule has 10 heteroatoms. The number of carbonyl (C=O) groups excluding carboxylic acids is 6. The van der Waals surface area contributed by atoms with E-state index >= 15 is 0 Å². The Balaban J connectivity index is 1.52. The zero-order valence-electron chi connectivity index (χ0n) is 14.0. The molecule has 10 nitrogen and oxygen atoms in total. The molecule has 0 N–H and O–H groups in total. The Kier molecular flexibility index (Phi) is 6.59. The van der Waals surface area contributed by atoms with Crippen molar-refractivity contribution in [1.82, 2.24) is 10.1 Å². The molecule has 0 aromatic rings. The van der Waals surface area contributed by atoms with Gasteiger partial charge < -0.3 is 9.68 Å². The minimum absolute atomic E-state index is 0.0261. The predicted octanol–water partition coefficient (Wildman–Crippen LogP) is 0.317. The summed E-state index contributed by atoms with van der Waals surface area (Å²) < 4.78 is 0. The number of hydrogen-bond donors (Lipinski definition) is 0. The number of carbonyl (C=O) groups is 6. The fourth-order valence-electron chi connectivity index (χ4n) is 2.32. The van der Waals surface area contributed by atoms with Gasteiger partial charge in [0.15, 0.2) is 0 Å². The highest BCUT2D eigenvalue weighted by atomic mass is 16.7. The van der Waals surface area contributed by atoms with Crippen LogP contribution in [0.5, 0.6) is 0 Å². The van der Waals surface area contributed by atoms with Gasteiger partial charge in [0.1, 0.15) is 0 Å². The topological polar surface area (TPSA) is 127 Å². The van der Waals surface area contributed by atoms with Gasteiger partial charge in [-0.3, -0.25) is 19.2 Å². The van der Waals surface area contributed by atoms with E-state index < -0.39 is 35.6 Å². The van der Waals surface area contributed by atoms with Crippen LogP contribution in [0.1, 0.15) is 51.4 Å². The second-order valence-corrected chi connectivity index (χ2v) is 5.73. The Morgan fingerprint density at radius 3 is 1.62 bits per heavy atom. The van der Waals surface area contributed by atoms with Crippen LogP contribution in [-0.2, 0) is 38.4 Å². The van der Waals surface area contributed by atoms with Crippen LogP contribution >= 0.6 is 0 Å². The van der Waals surface area contributed by atoms with Crippen molar-refractivity contribution in [2.75, 3.05) is 0 Å². The maximum Gasteiger partial charge on any atom is 0.333 e. The van der Waals surface area contributed by atoms with Gasteiger partial charge in [0.05, 0.1) is 0 Å². The Morgan fingerprint density at radius 1 is 0.731 bits per heavy atom. The van der Waals surface area contributed by atoms with E-state index in [1.807, 2.05) is 0 Å². The lowest BCUT2D eigenvalue weighted by Gasteiger charge is -2.12. The van der Waals surface area contributed by atoms with Gasteiger partial charge in [-0.2, -0.15) is 0 Å². The molecule has 0 bridgehead atoms. The third kappa shape index (κ3) is 5.23. The average Bonchev–Trinajstić information content (AvgIpc) is 3.08. The van der Waals surface area contributed by atoms with E-state index in [-0.39, 0.29) is 25.7 Å². The fourth-order valence-corrected chi connectivity index (χ4v) is 2.32. The normalized spacial score (nSPS) is 16.6. The highest BCUT2D eigenvalue weighted by molar-refractivity contribution is 6.12. The molecule has 26 heavy (non-hydrogen) atoms. The molecule has 2 aliphatic heterocycles. The van der Waals surface area contributed by atoms with Crippen LogP contribution in [0.4, 0.5) is 0 Å². The van der Waals surface area contributed by atoms with Crippen molar-refractivity contribution in [3.05, 3.63) is 12.2 Å². The minimum atomic E-state index is -0.697. The molecular weight excluding hydrogens is 348 g/mol. The van der Waals surface area contributed by atoms with E-state index in [9.17, 15) is 28.8 Å². The smallest absolute Gasteiger partial charge is 0.330 e. The summed E-state index contributed by atoms with van der Waals surface area (Å²) in [5.41, 5.74) is 0. The van der Waals surface area contributed by atoms with Crippen LogP contribution in [-0.4, -0.2) is 45.7 Å². The summed E-state index contributed by atoms with van der Waals surface area (Å²) in [5, 5.41) is 0.910. The van der Waals surface area contributed by atoms with Gasteiger partial charge in [-0.25, -0.2) is 9.59 Å². The number of amides is 4. The minimum Gasteiger partial charge on any atom is -0.330 e. The van der Waals surface area contributed by atoms with Crippen LogP contribution in [0.15, 0.2) is 12.2 Å². The first-order chi connectivity index (χ1) is 12.4. The Labute approximate surface area is 148 Å². The first-order valence-corrected chi connectivity index (χ1v) is 8.22. The lowest BCUT2D eigenvalue weighted by atomic mass is 10.1. The van der Waals surface area contributed by atoms with Crippen molar-refractivity contribution in [2.45, 2.75) is 51.4 Å². The Hall–Kier alpha value is -3.04. The first-order valence-electron chi connectivity index (χ1n) is 8.22. The average molecular weight is 366 g/mol. The molecule has 1 saturated heterocycles. The molecule has 0 aromatic carbocycles. The molecule has 0 aromatic heterocycles. The van der Waals surface area contributed by atoms with Crippen molar-refractivity contribution in [2.24, 2.45) is 0 Å². The molecule has 0 spiro atoms. The van der Waals surface area contributed by atoms with E-state index in [0.717, 1.165) is 12.2 Å². The molecule has 0 atom stereocenters. The second kappa shape index (κ2) is 8.88. The summed E-state index contributed by atoms with van der Waals surface area (Å²) in [6, 6.07) is 0. The lowest BCUT2D eigenvalue weighted by molar-refractivity contribution is -0.197. The van der Waals surface area contributed by atoms with Gasteiger partial charge >= 0.3 is 11.9 Å². The molecule has 0 radical (unpaired) electrons. The quantitative estimate of drug-likeness (QED) is 0.421. The van der Waals surface area contributed by atoms with Crippen molar-refractivity contribution < 1.29 is 38.4 Å². The summed E-state index contributed by atoms with van der Waals surface area (Å²) in [5.74, 6) is -3.79. The van der Waals surface area contributed by atoms with Crippen LogP contribution in [0, 0.1) is 0 Å². The Bertz CT molecular complexity index is 615. The summed E-state index contributed by atoms with van der Waals surface area (Å²) in [6.07, 6.45) is 4.35. The molecule has 0 unspecified atom stereocenters. The molecule has 140 valence electrons. The number of rotatable bonds is 9. The fraction of sp³-hybridized carbons (Fsp3) is 0.500. The molecule has 2 heterocycles. The van der Waals surface area contributed by atoms with E-state index in [1.54, 1.807) is 0 Å². The van der Waals surface area contributed by atoms with E-state index in [0.29, 0.717) is 35.8 Å². The maximum absolute atomic E-state index is 11.6. The van der Waals surface area contributed by atoms with Crippen molar-refractivity contribution in [3.8, 4) is 0 Å². The first kappa shape index (κ1) is 19.3. The van der Waals surface area contributed by atoms with Crippen LogP contribution < -0.4 is 0 Å². The zero-order chi connectivity index (χ0) is 19.1. The number of imide groups is 2. The summed E-state index contributed by atoms with van der Waals surface area (Å²) >= 11 is 0. The van der Waals surface area contributed by atoms with E-state index in [2.05, 4.69) is 4.84 Å². The highest BCUT2D eigenvalue weighted by Gasteiger charge is 2.32. The monoisotopic (exact) mass is 366 g/mol. The summed E-state index contributed by atoms with van der Waals surface area (Å²) in [7, 11) is 0. The van der Waals surface area contributed by atoms with E-state index in [4.69, 9.17) is 4.84 Å². The molecule has 0 saturated carbocycles. The van der Waals surface area contributed by atoms with Gasteiger partial charge in [-0.1, -0.05) is 17.9 Å². The number of hydrogen-bond acceptors (Lipinski definition) is 8. The zero-order valence-corrected chi connectivity index (χ0v) is 14.0. The molecular formula is C16H18N2O8. The standard InChI is InChI=1S/C16H18N2O8/c19-11-7-8-12(20)17(11)25-15(23)5-3-1-2-4-6-16(24)26-18-13(21)9-10-14(18)22/h7-8H,1-6,9-10H2. The van der Waals surface area contributed by atoms with E-state index in [1.165, 1.54) is 0 Å². The highest BCUT2D eigenvalue weighted by Crippen LogP contribution is 2.14. The van der Waals surface area contributed by atoms with Crippen molar-refractivity contribution in [3.63, 3.8) is 0 Å². The SMILES string of the molecule is O=C(CCCCCCC(=O)ON1C(=O)CCC1=O)ON1C(=O)C=CC1=O. The third-order valence-corrected chi connectivity index (χ3v) is 3.67. The van der Waals surface area contributed by atoms with Gasteiger partial charge in [0.25, 0.3) is 23.6 Å². The lowest BCUT2D eigenvalue weighted by Crippen LogP contribution is -2.32. The van der Waals surface area contributed by atoms with Gasteiger partial charge in [-0.15, -0.1) is 5.06 Å². The molecule has 2 aliphatic rings. The van der Waals surface area contributed by atoms with Gasteiger partial charge in [0, 0.05) is 37.8 Å². The number of nitrogens with zero attached hydrogens (tertiary/aromatic N) is 2. The van der Waals surface area contributed by atoms with Crippen molar-refractivity contribution in [1.29, 1.82) is 0 Å². The number of hydroxylamine groups is 4. The molecule has 2 rings (SSSR count). The largest absolute Gasteiger partial charge is 0.333 e. The summed E-state index contributed by atoms with van der Waals surface area (Å²) in [6.45, 7) is 0. The predicted molar refractivity (Wildman–Crippen MR) is 82.0 cm³/mol. The van der Waals surface area contributed by atoms with Crippen LogP contribution in [0.3, 0.4) is 0 Å². The number of unbranched alkanes of at least 4 members (excludes halogenated alkanes) is 3. The molecule has 0 aliphatic carbocycles. The Morgan fingerprint density at radius 2 is 1.15 bits per heavy atom. The molecule has 1 fully saturated rings. The third-order valence-electron chi connectivity index (χ3n) is 3.67. The summed E-state index contributed by atoms with van der Waals surface area (Å²) in [4.78, 5) is 77.5. The van der Waals surface area contributed by atoms with Crippen molar-refractivity contribution >= 4 is 35.6 Å². The van der Waals surface area contributed by atoms with Gasteiger partial charge in [-0.05, 0) is 12.8 Å².